The first-order chi connectivity index (χ1) is 15.2. The summed E-state index contributed by atoms with van der Waals surface area (Å²) in [7, 11) is 1.60. The van der Waals surface area contributed by atoms with Crippen molar-refractivity contribution in [3.8, 4) is 22.9 Å². The number of carbonyl (C=O) groups excluding carboxylic acids is 1. The fourth-order valence-corrected chi connectivity index (χ4v) is 3.56. The highest BCUT2D eigenvalue weighted by Crippen LogP contribution is 2.23. The zero-order chi connectivity index (χ0) is 21.6. The second kappa shape index (κ2) is 9.48. The van der Waals surface area contributed by atoms with Crippen molar-refractivity contribution in [1.29, 1.82) is 0 Å². The fraction of sp³-hybridized carbons (Fsp3) is 0.182. The van der Waals surface area contributed by atoms with Crippen LogP contribution in [0.3, 0.4) is 0 Å². The molecule has 0 aliphatic heterocycles. The van der Waals surface area contributed by atoms with Gasteiger partial charge in [-0.25, -0.2) is 0 Å². The highest BCUT2D eigenvalue weighted by Gasteiger charge is 2.12. The minimum Gasteiger partial charge on any atom is -0.497 e. The van der Waals surface area contributed by atoms with Gasteiger partial charge >= 0.3 is 0 Å². The Labute approximate surface area is 183 Å². The number of fused-ring (bicyclic) bond motifs is 1. The van der Waals surface area contributed by atoms with Gasteiger partial charge in [0.25, 0.3) is 0 Å². The van der Waals surface area contributed by atoms with Gasteiger partial charge < -0.3 is 14.8 Å². The van der Waals surface area contributed by atoms with Crippen LogP contribution in [-0.4, -0.2) is 45.2 Å². The Bertz CT molecular complexity index is 1180. The number of benzene rings is 2. The average Bonchev–Trinajstić information content (AvgIpc) is 3.22. The van der Waals surface area contributed by atoms with Crippen LogP contribution >= 0.6 is 11.8 Å². The maximum absolute atomic E-state index is 12.3. The van der Waals surface area contributed by atoms with Gasteiger partial charge in [0, 0.05) is 11.3 Å². The Hall–Kier alpha value is -3.59. The smallest absolute Gasteiger partial charge is 0.234 e. The van der Waals surface area contributed by atoms with E-state index in [-0.39, 0.29) is 11.7 Å². The molecule has 9 heteroatoms. The van der Waals surface area contributed by atoms with Gasteiger partial charge in [-0.1, -0.05) is 11.8 Å². The normalized spacial score (nSPS) is 10.8. The molecule has 1 N–H and O–H groups in total. The van der Waals surface area contributed by atoms with Gasteiger partial charge in [0.05, 0.1) is 19.5 Å². The summed E-state index contributed by atoms with van der Waals surface area (Å²) in [5.41, 5.74) is 2.23. The van der Waals surface area contributed by atoms with E-state index < -0.39 is 0 Å². The quantitative estimate of drug-likeness (QED) is 0.419. The third-order valence-electron chi connectivity index (χ3n) is 4.39. The molecule has 0 aliphatic carbocycles. The summed E-state index contributed by atoms with van der Waals surface area (Å²) in [4.78, 5) is 12.3. The monoisotopic (exact) mass is 435 g/mol. The van der Waals surface area contributed by atoms with E-state index in [1.165, 1.54) is 11.8 Å². The Morgan fingerprint density at radius 1 is 1.00 bits per heavy atom. The lowest BCUT2D eigenvalue weighted by atomic mass is 10.2. The molecule has 2 aromatic carbocycles. The van der Waals surface area contributed by atoms with Gasteiger partial charge in [0.1, 0.15) is 16.5 Å². The summed E-state index contributed by atoms with van der Waals surface area (Å²) < 4.78 is 12.3. The molecule has 4 rings (SSSR count). The number of carbonyl (C=O) groups is 1. The molecule has 0 radical (unpaired) electrons. The molecule has 0 spiro atoms. The van der Waals surface area contributed by atoms with Crippen molar-refractivity contribution in [2.75, 3.05) is 24.8 Å². The van der Waals surface area contributed by atoms with E-state index in [0.717, 1.165) is 17.1 Å². The Kier molecular flexibility index (Phi) is 6.32. The summed E-state index contributed by atoms with van der Waals surface area (Å²) in [6.07, 6.45) is 0. The summed E-state index contributed by atoms with van der Waals surface area (Å²) in [6, 6.07) is 18.5. The second-order valence-electron chi connectivity index (χ2n) is 6.49. The Balaban J connectivity index is 1.44. The zero-order valence-electron chi connectivity index (χ0n) is 17.1. The van der Waals surface area contributed by atoms with Gasteiger partial charge in [0.15, 0.2) is 11.5 Å². The molecule has 0 unspecified atom stereocenters. The fourth-order valence-electron chi connectivity index (χ4n) is 2.91. The molecule has 0 saturated carbocycles. The van der Waals surface area contributed by atoms with Gasteiger partial charge in [-0.05, 0) is 67.6 Å². The predicted molar refractivity (Wildman–Crippen MR) is 120 cm³/mol. The third-order valence-corrected chi connectivity index (χ3v) is 5.31. The molecule has 0 bridgehead atoms. The summed E-state index contributed by atoms with van der Waals surface area (Å²) >= 11 is 1.34. The second-order valence-corrected chi connectivity index (χ2v) is 7.48. The number of rotatable bonds is 8. The van der Waals surface area contributed by atoms with Crippen molar-refractivity contribution < 1.29 is 14.3 Å². The van der Waals surface area contributed by atoms with E-state index in [4.69, 9.17) is 9.47 Å². The lowest BCUT2D eigenvalue weighted by molar-refractivity contribution is -0.113. The number of ether oxygens (including phenoxy) is 2. The van der Waals surface area contributed by atoms with Crippen molar-refractivity contribution >= 4 is 29.0 Å². The first kappa shape index (κ1) is 20.7. The topological polar surface area (TPSA) is 90.6 Å². The van der Waals surface area contributed by atoms with Crippen LogP contribution in [0.15, 0.2) is 65.7 Å². The van der Waals surface area contributed by atoms with Crippen LogP contribution in [0.1, 0.15) is 6.92 Å². The standard InChI is InChI=1S/C22H21N5O3S/c1-3-30-18-8-4-15(5-9-18)22-25-24-19-12-13-21(26-27(19)22)31-14-20(28)23-16-6-10-17(29-2)11-7-16/h4-13H,3,14H2,1-2H3,(H,23,28). The third kappa shape index (κ3) is 4.95. The SMILES string of the molecule is CCOc1ccc(-c2nnc3ccc(SCC(=O)Nc4ccc(OC)cc4)nn23)cc1. The molecule has 158 valence electrons. The Morgan fingerprint density at radius 2 is 1.74 bits per heavy atom. The van der Waals surface area contributed by atoms with Gasteiger partial charge in [-0.2, -0.15) is 9.61 Å². The van der Waals surface area contributed by atoms with Crippen molar-refractivity contribution in [1.82, 2.24) is 19.8 Å². The summed E-state index contributed by atoms with van der Waals surface area (Å²) in [6.45, 7) is 2.56. The highest BCUT2D eigenvalue weighted by molar-refractivity contribution is 7.99. The molecule has 1 amide bonds. The van der Waals surface area contributed by atoms with Crippen LogP contribution in [0, 0.1) is 0 Å². The maximum Gasteiger partial charge on any atom is 0.234 e. The first-order valence-corrected chi connectivity index (χ1v) is 10.7. The van der Waals surface area contributed by atoms with Crippen molar-refractivity contribution in [2.45, 2.75) is 11.9 Å². The van der Waals surface area contributed by atoms with Gasteiger partial charge in [-0.15, -0.1) is 10.2 Å². The van der Waals surface area contributed by atoms with Crippen molar-refractivity contribution in [3.05, 3.63) is 60.7 Å². The van der Waals surface area contributed by atoms with Crippen LogP contribution in [0.5, 0.6) is 11.5 Å². The number of nitrogens with zero attached hydrogens (tertiary/aromatic N) is 4. The van der Waals surface area contributed by atoms with E-state index in [2.05, 4.69) is 20.6 Å². The number of aromatic nitrogens is 4. The van der Waals surface area contributed by atoms with Crippen molar-refractivity contribution in [3.63, 3.8) is 0 Å². The lowest BCUT2D eigenvalue weighted by Crippen LogP contribution is -2.14. The molecule has 4 aromatic rings. The first-order valence-electron chi connectivity index (χ1n) is 9.68. The average molecular weight is 436 g/mol. The van der Waals surface area contributed by atoms with E-state index in [1.807, 2.05) is 43.3 Å². The molecule has 0 saturated heterocycles. The number of nitrogens with one attached hydrogen (secondary N) is 1. The van der Waals surface area contributed by atoms with Crippen LogP contribution in [-0.2, 0) is 4.79 Å². The molecular formula is C22H21N5O3S. The Morgan fingerprint density at radius 3 is 2.45 bits per heavy atom. The van der Waals surface area contributed by atoms with Gasteiger partial charge in [-0.3, -0.25) is 4.79 Å². The van der Waals surface area contributed by atoms with E-state index >= 15 is 0 Å². The molecule has 0 aliphatic rings. The molecule has 8 nitrogen and oxygen atoms in total. The number of amides is 1. The summed E-state index contributed by atoms with van der Waals surface area (Å²) in [5, 5.41) is 16.6. The minimum absolute atomic E-state index is 0.118. The number of anilines is 1. The van der Waals surface area contributed by atoms with Gasteiger partial charge in [0.2, 0.25) is 5.91 Å². The zero-order valence-corrected chi connectivity index (χ0v) is 17.9. The molecule has 2 aromatic heterocycles. The largest absolute Gasteiger partial charge is 0.497 e. The van der Waals surface area contributed by atoms with E-state index in [9.17, 15) is 4.79 Å². The van der Waals surface area contributed by atoms with Crippen LogP contribution in [0.25, 0.3) is 17.0 Å². The number of thioether (sulfide) groups is 1. The molecule has 2 heterocycles. The summed E-state index contributed by atoms with van der Waals surface area (Å²) in [5.74, 6) is 2.27. The van der Waals surface area contributed by atoms with Crippen molar-refractivity contribution in [2.24, 2.45) is 0 Å². The highest BCUT2D eigenvalue weighted by atomic mass is 32.2. The molecular weight excluding hydrogens is 414 g/mol. The van der Waals surface area contributed by atoms with E-state index in [1.54, 1.807) is 35.9 Å². The predicted octanol–water partition coefficient (Wildman–Crippen LogP) is 3.93. The molecule has 0 fully saturated rings. The number of hydrogen-bond acceptors (Lipinski definition) is 7. The molecule has 31 heavy (non-hydrogen) atoms. The minimum atomic E-state index is -0.118. The maximum atomic E-state index is 12.3. The van der Waals surface area contributed by atoms with Crippen LogP contribution in [0.4, 0.5) is 5.69 Å². The van der Waals surface area contributed by atoms with Crippen LogP contribution in [0.2, 0.25) is 0 Å². The number of hydrogen-bond donors (Lipinski definition) is 1. The lowest BCUT2D eigenvalue weighted by Gasteiger charge is -2.07. The molecule has 0 atom stereocenters. The van der Waals surface area contributed by atoms with Crippen LogP contribution < -0.4 is 14.8 Å². The number of methoxy groups -OCH3 is 1. The van der Waals surface area contributed by atoms with E-state index in [0.29, 0.717) is 28.8 Å².